The van der Waals surface area contributed by atoms with Crippen molar-refractivity contribution in [1.82, 2.24) is 14.9 Å². The van der Waals surface area contributed by atoms with Gasteiger partial charge in [0.05, 0.1) is 0 Å². The predicted octanol–water partition coefficient (Wildman–Crippen LogP) is 0.769. The van der Waals surface area contributed by atoms with Crippen LogP contribution in [0.5, 0.6) is 0 Å². The van der Waals surface area contributed by atoms with Crippen LogP contribution in [0.2, 0.25) is 0 Å². The molecular weight excluding hydrogens is 194 g/mol. The molecule has 0 spiro atoms. The highest BCUT2D eigenvalue weighted by atomic mass is 16.2. The lowest BCUT2D eigenvalue weighted by Crippen LogP contribution is -2.25. The van der Waals surface area contributed by atoms with E-state index in [1.807, 2.05) is 0 Å². The second-order valence-electron chi connectivity index (χ2n) is 3.65. The highest BCUT2D eigenvalue weighted by molar-refractivity contribution is 5.20. The Bertz CT molecular complexity index is 315. The first-order chi connectivity index (χ1) is 7.02. The van der Waals surface area contributed by atoms with Crippen LogP contribution in [-0.4, -0.2) is 21.9 Å². The Labute approximate surface area is 89.8 Å². The van der Waals surface area contributed by atoms with Crippen LogP contribution in [0, 0.1) is 5.92 Å². The maximum Gasteiger partial charge on any atom is 0.363 e. The average Bonchev–Trinajstić information content (AvgIpc) is 2.48. The molecule has 0 aromatic carbocycles. The zero-order valence-corrected chi connectivity index (χ0v) is 9.87. The van der Waals surface area contributed by atoms with Gasteiger partial charge in [-0.1, -0.05) is 33.6 Å². The molecule has 0 unspecified atom stereocenters. The molecule has 0 radical (unpaired) electrons. The van der Waals surface area contributed by atoms with Crippen molar-refractivity contribution in [2.24, 2.45) is 5.92 Å². The lowest BCUT2D eigenvalue weighted by Gasteiger charge is -1.95. The number of nitrogens with two attached hydrogens (primary N) is 1. The predicted molar refractivity (Wildman–Crippen MR) is 62.3 cm³/mol. The van der Waals surface area contributed by atoms with E-state index in [-0.39, 0.29) is 0 Å². The number of hydrogen-bond donors (Lipinski definition) is 3. The molecule has 0 fully saturated rings. The molecule has 4 N–H and O–H groups in total. The van der Waals surface area contributed by atoms with E-state index >= 15 is 0 Å². The number of hydrogen-bond acceptors (Lipinski definition) is 4. The molecule has 1 aromatic heterocycles. The largest absolute Gasteiger partial charge is 0.363 e. The molecule has 0 aliphatic heterocycles. The van der Waals surface area contributed by atoms with Gasteiger partial charge in [0.25, 0.3) is 0 Å². The lowest BCUT2D eigenvalue weighted by molar-refractivity contribution is 0.576. The molecule has 0 aliphatic rings. The van der Waals surface area contributed by atoms with E-state index in [1.165, 1.54) is 12.8 Å². The summed E-state index contributed by atoms with van der Waals surface area (Å²) in [6, 6.07) is 0. The molecule has 6 heteroatoms. The third kappa shape index (κ3) is 5.09. The summed E-state index contributed by atoms with van der Waals surface area (Å²) in [6.07, 6.45) is 2.71. The van der Waals surface area contributed by atoms with Gasteiger partial charge in [-0.15, -0.1) is 5.10 Å². The molecule has 15 heavy (non-hydrogen) atoms. The topological polar surface area (TPSA) is 88.7 Å². The Morgan fingerprint density at radius 2 is 2.20 bits per heavy atom. The SMILES string of the molecule is CCCC(C)C.CNc1n[nH]c(=O)n1N. The lowest BCUT2D eigenvalue weighted by atomic mass is 10.1. The second kappa shape index (κ2) is 6.92. The zero-order chi connectivity index (χ0) is 11.8. The number of aromatic amines is 1. The van der Waals surface area contributed by atoms with Gasteiger partial charge in [0.15, 0.2) is 0 Å². The molecule has 88 valence electrons. The normalized spacial score (nSPS) is 9.67. The Kier molecular flexibility index (Phi) is 6.24. The van der Waals surface area contributed by atoms with Gasteiger partial charge in [-0.2, -0.15) is 4.68 Å². The third-order valence-corrected chi connectivity index (χ3v) is 1.79. The first kappa shape index (κ1) is 13.5. The Hall–Kier alpha value is -1.46. The molecule has 6 nitrogen and oxygen atoms in total. The summed E-state index contributed by atoms with van der Waals surface area (Å²) in [4.78, 5) is 10.5. The van der Waals surface area contributed by atoms with Crippen LogP contribution in [0.4, 0.5) is 5.95 Å². The van der Waals surface area contributed by atoms with E-state index in [1.54, 1.807) is 7.05 Å². The maximum absolute atomic E-state index is 10.5. The van der Waals surface area contributed by atoms with Gasteiger partial charge in [0, 0.05) is 7.05 Å². The van der Waals surface area contributed by atoms with Crippen LogP contribution in [-0.2, 0) is 0 Å². The maximum atomic E-state index is 10.5. The van der Waals surface area contributed by atoms with Crippen LogP contribution < -0.4 is 16.8 Å². The highest BCUT2D eigenvalue weighted by Crippen LogP contribution is 2.00. The van der Waals surface area contributed by atoms with Crippen molar-refractivity contribution in [2.45, 2.75) is 33.6 Å². The van der Waals surface area contributed by atoms with Crippen molar-refractivity contribution in [3.05, 3.63) is 10.5 Å². The van der Waals surface area contributed by atoms with Gasteiger partial charge in [0.1, 0.15) is 0 Å². The molecule has 1 rings (SSSR count). The fourth-order valence-corrected chi connectivity index (χ4v) is 1.06. The second-order valence-corrected chi connectivity index (χ2v) is 3.65. The minimum Gasteiger partial charge on any atom is -0.356 e. The minimum atomic E-state index is -0.431. The summed E-state index contributed by atoms with van der Waals surface area (Å²) >= 11 is 0. The summed E-state index contributed by atoms with van der Waals surface area (Å²) in [6.45, 7) is 6.73. The van der Waals surface area contributed by atoms with Crippen LogP contribution in [0.3, 0.4) is 0 Å². The fourth-order valence-electron chi connectivity index (χ4n) is 1.06. The number of nitrogen functional groups attached to an aromatic ring is 1. The van der Waals surface area contributed by atoms with Crippen LogP contribution >= 0.6 is 0 Å². The van der Waals surface area contributed by atoms with E-state index in [0.717, 1.165) is 10.6 Å². The Morgan fingerprint density at radius 1 is 1.60 bits per heavy atom. The third-order valence-electron chi connectivity index (χ3n) is 1.79. The van der Waals surface area contributed by atoms with Gasteiger partial charge in [-0.05, 0) is 5.92 Å². The highest BCUT2D eigenvalue weighted by Gasteiger charge is 1.98. The first-order valence-corrected chi connectivity index (χ1v) is 5.13. The molecule has 0 amide bonds. The molecule has 0 saturated heterocycles. The summed E-state index contributed by atoms with van der Waals surface area (Å²) in [5.41, 5.74) is -0.431. The molecule has 0 aliphatic carbocycles. The van der Waals surface area contributed by atoms with E-state index in [9.17, 15) is 4.79 Å². The fraction of sp³-hybridized carbons (Fsp3) is 0.778. The number of anilines is 1. The van der Waals surface area contributed by atoms with E-state index in [2.05, 4.69) is 36.3 Å². The van der Waals surface area contributed by atoms with Crippen molar-refractivity contribution in [1.29, 1.82) is 0 Å². The molecule has 1 aromatic rings. The monoisotopic (exact) mass is 215 g/mol. The molecule has 0 bridgehead atoms. The van der Waals surface area contributed by atoms with Crippen molar-refractivity contribution in [3.8, 4) is 0 Å². The summed E-state index contributed by atoms with van der Waals surface area (Å²) < 4.78 is 0.889. The Balaban J connectivity index is 0.000000288. The van der Waals surface area contributed by atoms with Gasteiger partial charge >= 0.3 is 5.69 Å². The number of rotatable bonds is 3. The van der Waals surface area contributed by atoms with Gasteiger partial charge in [0.2, 0.25) is 5.95 Å². The van der Waals surface area contributed by atoms with Crippen molar-refractivity contribution in [2.75, 3.05) is 18.2 Å². The van der Waals surface area contributed by atoms with Crippen LogP contribution in [0.25, 0.3) is 0 Å². The van der Waals surface area contributed by atoms with Gasteiger partial charge < -0.3 is 11.2 Å². The Morgan fingerprint density at radius 3 is 2.33 bits per heavy atom. The first-order valence-electron chi connectivity index (χ1n) is 5.13. The number of nitrogens with zero attached hydrogens (tertiary/aromatic N) is 2. The summed E-state index contributed by atoms with van der Waals surface area (Å²) in [5.74, 6) is 6.38. The average molecular weight is 215 g/mol. The van der Waals surface area contributed by atoms with E-state index in [0.29, 0.717) is 5.95 Å². The number of H-pyrrole nitrogens is 1. The smallest absolute Gasteiger partial charge is 0.356 e. The standard InChI is InChI=1S/C6H14.C3H7N5O/c1-4-5-6(2)3;1-5-2-6-7-3(9)8(2)4/h6H,4-5H2,1-3H3;4H2,1H3,(H,5,6)(H,7,9). The van der Waals surface area contributed by atoms with Crippen LogP contribution in [0.1, 0.15) is 33.6 Å². The van der Waals surface area contributed by atoms with Crippen molar-refractivity contribution < 1.29 is 0 Å². The molecule has 0 saturated carbocycles. The van der Waals surface area contributed by atoms with E-state index < -0.39 is 5.69 Å². The zero-order valence-electron chi connectivity index (χ0n) is 9.87. The van der Waals surface area contributed by atoms with Gasteiger partial charge in [-0.3, -0.25) is 0 Å². The molecular formula is C9H21N5O. The summed E-state index contributed by atoms with van der Waals surface area (Å²) in [7, 11) is 1.62. The van der Waals surface area contributed by atoms with Crippen LogP contribution in [0.15, 0.2) is 4.79 Å². The number of aromatic nitrogens is 3. The van der Waals surface area contributed by atoms with Crippen molar-refractivity contribution in [3.63, 3.8) is 0 Å². The molecule has 1 heterocycles. The quantitative estimate of drug-likeness (QED) is 0.650. The van der Waals surface area contributed by atoms with Gasteiger partial charge in [-0.25, -0.2) is 9.89 Å². The van der Waals surface area contributed by atoms with E-state index in [4.69, 9.17) is 5.84 Å². The molecule has 0 atom stereocenters. The number of nitrogens with one attached hydrogen (secondary N) is 2. The van der Waals surface area contributed by atoms with Crippen molar-refractivity contribution >= 4 is 5.95 Å². The summed E-state index contributed by atoms with van der Waals surface area (Å²) in [5, 5.41) is 8.29. The minimum absolute atomic E-state index is 0.319.